The zero-order chi connectivity index (χ0) is 10.8. The number of carbonyl (C=O) groups is 1. The largest absolute Gasteiger partial charge is 0.391 e. The SMILES string of the molecule is CC1CC(O)CN1c1ccc(C=O)cn1. The van der Waals surface area contributed by atoms with E-state index in [0.717, 1.165) is 18.5 Å². The maximum Gasteiger partial charge on any atom is 0.151 e. The highest BCUT2D eigenvalue weighted by molar-refractivity contribution is 5.74. The van der Waals surface area contributed by atoms with Gasteiger partial charge in [-0.25, -0.2) is 4.98 Å². The molecule has 0 bridgehead atoms. The third-order valence-corrected chi connectivity index (χ3v) is 2.75. The lowest BCUT2D eigenvalue weighted by Gasteiger charge is -2.21. The Morgan fingerprint density at radius 2 is 2.40 bits per heavy atom. The number of nitrogens with zero attached hydrogens (tertiary/aromatic N) is 2. The summed E-state index contributed by atoms with van der Waals surface area (Å²) >= 11 is 0. The van der Waals surface area contributed by atoms with Crippen LogP contribution < -0.4 is 4.90 Å². The minimum Gasteiger partial charge on any atom is -0.391 e. The van der Waals surface area contributed by atoms with E-state index in [4.69, 9.17) is 0 Å². The van der Waals surface area contributed by atoms with Crippen LogP contribution in [-0.4, -0.2) is 35.1 Å². The molecule has 0 spiro atoms. The van der Waals surface area contributed by atoms with Gasteiger partial charge < -0.3 is 10.0 Å². The summed E-state index contributed by atoms with van der Waals surface area (Å²) < 4.78 is 0. The molecule has 2 unspecified atom stereocenters. The van der Waals surface area contributed by atoms with Gasteiger partial charge in [-0.1, -0.05) is 0 Å². The van der Waals surface area contributed by atoms with Gasteiger partial charge in [0.2, 0.25) is 0 Å². The molecule has 0 amide bonds. The summed E-state index contributed by atoms with van der Waals surface area (Å²) in [5.41, 5.74) is 0.575. The molecule has 1 fully saturated rings. The van der Waals surface area contributed by atoms with Gasteiger partial charge in [-0.2, -0.15) is 0 Å². The Balaban J connectivity index is 2.18. The van der Waals surface area contributed by atoms with Gasteiger partial charge in [0.15, 0.2) is 6.29 Å². The van der Waals surface area contributed by atoms with E-state index < -0.39 is 0 Å². The maximum atomic E-state index is 10.5. The van der Waals surface area contributed by atoms with Gasteiger partial charge in [0.25, 0.3) is 0 Å². The molecule has 15 heavy (non-hydrogen) atoms. The standard InChI is InChI=1S/C11H14N2O2/c1-8-4-10(15)6-13(8)11-3-2-9(7-14)5-12-11/h2-3,5,7-8,10,15H,4,6H2,1H3. The molecule has 1 aromatic rings. The second-order valence-corrected chi connectivity index (χ2v) is 3.96. The third-order valence-electron chi connectivity index (χ3n) is 2.75. The van der Waals surface area contributed by atoms with Crippen LogP contribution in [0.5, 0.6) is 0 Å². The summed E-state index contributed by atoms with van der Waals surface area (Å²) in [6.07, 6.45) is 2.84. The number of rotatable bonds is 2. The zero-order valence-electron chi connectivity index (χ0n) is 8.63. The van der Waals surface area contributed by atoms with Gasteiger partial charge >= 0.3 is 0 Å². The predicted molar refractivity (Wildman–Crippen MR) is 57.1 cm³/mol. The molecule has 2 atom stereocenters. The fourth-order valence-electron chi connectivity index (χ4n) is 1.96. The molecule has 1 N–H and O–H groups in total. The topological polar surface area (TPSA) is 53.4 Å². The summed E-state index contributed by atoms with van der Waals surface area (Å²) in [5.74, 6) is 0.824. The summed E-state index contributed by atoms with van der Waals surface area (Å²) in [4.78, 5) is 16.7. The van der Waals surface area contributed by atoms with Crippen molar-refractivity contribution in [1.29, 1.82) is 0 Å². The first-order valence-corrected chi connectivity index (χ1v) is 5.06. The van der Waals surface area contributed by atoms with Crippen molar-refractivity contribution in [2.75, 3.05) is 11.4 Å². The molecule has 0 radical (unpaired) electrons. The highest BCUT2D eigenvalue weighted by atomic mass is 16.3. The van der Waals surface area contributed by atoms with Crippen LogP contribution in [0.4, 0.5) is 5.82 Å². The highest BCUT2D eigenvalue weighted by Gasteiger charge is 2.28. The third kappa shape index (κ3) is 1.99. The number of hydrogen-bond acceptors (Lipinski definition) is 4. The van der Waals surface area contributed by atoms with Gasteiger partial charge in [-0.3, -0.25) is 4.79 Å². The van der Waals surface area contributed by atoms with Crippen molar-refractivity contribution in [3.05, 3.63) is 23.9 Å². The lowest BCUT2D eigenvalue weighted by Crippen LogP contribution is -2.28. The smallest absolute Gasteiger partial charge is 0.151 e. The van der Waals surface area contributed by atoms with Gasteiger partial charge in [-0.05, 0) is 25.5 Å². The minimum absolute atomic E-state index is 0.271. The number of aldehydes is 1. The van der Waals surface area contributed by atoms with Gasteiger partial charge in [-0.15, -0.1) is 0 Å². The van der Waals surface area contributed by atoms with E-state index in [2.05, 4.69) is 16.8 Å². The summed E-state index contributed by atoms with van der Waals surface area (Å²) in [6.45, 7) is 2.68. The van der Waals surface area contributed by atoms with Crippen molar-refractivity contribution in [3.63, 3.8) is 0 Å². The Morgan fingerprint density at radius 1 is 1.60 bits per heavy atom. The number of carbonyl (C=O) groups excluding carboxylic acids is 1. The lowest BCUT2D eigenvalue weighted by molar-refractivity contribution is 0.112. The molecule has 2 rings (SSSR count). The first-order valence-electron chi connectivity index (χ1n) is 5.06. The summed E-state index contributed by atoms with van der Waals surface area (Å²) in [6, 6.07) is 3.86. The molecule has 0 saturated carbocycles. The van der Waals surface area contributed by atoms with E-state index in [1.807, 2.05) is 6.07 Å². The molecule has 1 aromatic heterocycles. The summed E-state index contributed by atoms with van der Waals surface area (Å²) in [7, 11) is 0. The van der Waals surface area contributed by atoms with E-state index in [-0.39, 0.29) is 6.10 Å². The molecule has 0 aromatic carbocycles. The van der Waals surface area contributed by atoms with Crippen LogP contribution in [0.1, 0.15) is 23.7 Å². The molecule has 80 valence electrons. The van der Waals surface area contributed by atoms with Crippen molar-refractivity contribution in [2.24, 2.45) is 0 Å². The van der Waals surface area contributed by atoms with Crippen LogP contribution in [0.2, 0.25) is 0 Å². The Bertz CT molecular complexity index is 350. The van der Waals surface area contributed by atoms with Crippen LogP contribution >= 0.6 is 0 Å². The first kappa shape index (κ1) is 10.1. The second-order valence-electron chi connectivity index (χ2n) is 3.96. The quantitative estimate of drug-likeness (QED) is 0.729. The van der Waals surface area contributed by atoms with Crippen LogP contribution in [0.15, 0.2) is 18.3 Å². The minimum atomic E-state index is -0.271. The Morgan fingerprint density at radius 3 is 2.87 bits per heavy atom. The van der Waals surface area contributed by atoms with Gasteiger partial charge in [0.1, 0.15) is 5.82 Å². The average molecular weight is 206 g/mol. The van der Waals surface area contributed by atoms with Crippen molar-refractivity contribution in [3.8, 4) is 0 Å². The van der Waals surface area contributed by atoms with E-state index in [0.29, 0.717) is 18.2 Å². The number of pyridine rings is 1. The van der Waals surface area contributed by atoms with Crippen LogP contribution in [0.25, 0.3) is 0 Å². The molecule has 0 aliphatic carbocycles. The second kappa shape index (κ2) is 3.98. The highest BCUT2D eigenvalue weighted by Crippen LogP contribution is 2.23. The number of aliphatic hydroxyl groups is 1. The average Bonchev–Trinajstić information content (AvgIpc) is 2.58. The van der Waals surface area contributed by atoms with Crippen molar-refractivity contribution in [2.45, 2.75) is 25.5 Å². The normalized spacial score (nSPS) is 25.6. The number of β-amino-alcohol motifs (C(OH)–C–C–N with tert-alkyl or cyclic N) is 1. The van der Waals surface area contributed by atoms with E-state index >= 15 is 0 Å². The van der Waals surface area contributed by atoms with Gasteiger partial charge in [0, 0.05) is 24.3 Å². The lowest BCUT2D eigenvalue weighted by atomic mass is 10.2. The monoisotopic (exact) mass is 206 g/mol. The molecular weight excluding hydrogens is 192 g/mol. The fourth-order valence-corrected chi connectivity index (χ4v) is 1.96. The Hall–Kier alpha value is -1.42. The number of hydrogen-bond donors (Lipinski definition) is 1. The molecule has 1 aliphatic rings. The molecule has 4 heteroatoms. The van der Waals surface area contributed by atoms with E-state index in [1.54, 1.807) is 12.3 Å². The summed E-state index contributed by atoms with van der Waals surface area (Å²) in [5, 5.41) is 9.51. The molecule has 2 heterocycles. The van der Waals surface area contributed by atoms with Gasteiger partial charge in [0.05, 0.1) is 6.10 Å². The molecule has 1 aliphatic heterocycles. The van der Waals surface area contributed by atoms with Crippen molar-refractivity contribution < 1.29 is 9.90 Å². The number of anilines is 1. The predicted octanol–water partition coefficient (Wildman–Crippen LogP) is 0.854. The first-order chi connectivity index (χ1) is 7.20. The maximum absolute atomic E-state index is 10.5. The Labute approximate surface area is 88.6 Å². The van der Waals surface area contributed by atoms with Crippen LogP contribution in [0, 0.1) is 0 Å². The van der Waals surface area contributed by atoms with Crippen molar-refractivity contribution in [1.82, 2.24) is 4.98 Å². The van der Waals surface area contributed by atoms with Crippen molar-refractivity contribution >= 4 is 12.1 Å². The molecule has 4 nitrogen and oxygen atoms in total. The number of aliphatic hydroxyl groups excluding tert-OH is 1. The molecule has 1 saturated heterocycles. The fraction of sp³-hybridized carbons (Fsp3) is 0.455. The van der Waals surface area contributed by atoms with E-state index in [9.17, 15) is 9.90 Å². The zero-order valence-corrected chi connectivity index (χ0v) is 8.63. The molecular formula is C11H14N2O2. The van der Waals surface area contributed by atoms with E-state index in [1.165, 1.54) is 0 Å². The Kier molecular flexibility index (Phi) is 2.68. The van der Waals surface area contributed by atoms with Crippen LogP contribution in [-0.2, 0) is 0 Å². The van der Waals surface area contributed by atoms with Crippen LogP contribution in [0.3, 0.4) is 0 Å². The number of aromatic nitrogens is 1.